The lowest BCUT2D eigenvalue weighted by atomic mass is 10.0. The maximum Gasteiger partial charge on any atom is 0.780 e. The van der Waals surface area contributed by atoms with Gasteiger partial charge in [-0.25, -0.2) is 9.18 Å². The van der Waals surface area contributed by atoms with Crippen molar-refractivity contribution in [3.8, 4) is 0 Å². The Morgan fingerprint density at radius 1 is 1.19 bits per heavy atom. The first-order valence-corrected chi connectivity index (χ1v) is 7.39. The molecule has 0 amide bonds. The van der Waals surface area contributed by atoms with Crippen LogP contribution in [0.2, 0.25) is 0 Å². The smallest absolute Gasteiger partial charge is 0.478 e. The minimum Gasteiger partial charge on any atom is -0.478 e. The van der Waals surface area contributed by atoms with Crippen molar-refractivity contribution in [3.05, 3.63) is 45.5 Å². The van der Waals surface area contributed by atoms with E-state index in [4.69, 9.17) is 0 Å². The van der Waals surface area contributed by atoms with E-state index in [1.165, 1.54) is 0 Å². The third-order valence-corrected chi connectivity index (χ3v) is 3.94. The molecular formula is C14H8BF6NO5. The Labute approximate surface area is 146 Å². The van der Waals surface area contributed by atoms with Crippen LogP contribution in [0.15, 0.2) is 23.1 Å². The largest absolute Gasteiger partial charge is 0.780 e. The van der Waals surface area contributed by atoms with Crippen LogP contribution in [-0.4, -0.2) is 17.9 Å². The van der Waals surface area contributed by atoms with Gasteiger partial charge in [0.05, 0.1) is 5.52 Å². The van der Waals surface area contributed by atoms with Gasteiger partial charge in [-0.15, -0.1) is 0 Å². The van der Waals surface area contributed by atoms with Crippen LogP contribution in [-0.2, 0) is 20.5 Å². The lowest BCUT2D eigenvalue weighted by Gasteiger charge is -2.18. The molecule has 0 spiro atoms. The van der Waals surface area contributed by atoms with Crippen LogP contribution in [0.25, 0.3) is 10.9 Å². The number of carbonyl (C=O) groups is 1. The molecule has 1 heterocycles. The molecule has 0 aliphatic heterocycles. The van der Waals surface area contributed by atoms with E-state index in [-0.39, 0.29) is 0 Å². The molecule has 0 saturated heterocycles. The van der Waals surface area contributed by atoms with Gasteiger partial charge >= 0.3 is 19.5 Å². The van der Waals surface area contributed by atoms with Crippen molar-refractivity contribution in [1.29, 1.82) is 0 Å². The van der Waals surface area contributed by atoms with Crippen LogP contribution < -0.4 is 5.43 Å². The van der Waals surface area contributed by atoms with Gasteiger partial charge in [0.2, 0.25) is 5.43 Å². The summed E-state index contributed by atoms with van der Waals surface area (Å²) in [4.78, 5) is 30.1. The second-order valence-corrected chi connectivity index (χ2v) is 5.70. The second-order valence-electron chi connectivity index (χ2n) is 5.70. The lowest BCUT2D eigenvalue weighted by Crippen LogP contribution is -2.29. The first-order valence-electron chi connectivity index (χ1n) is 7.39. The zero-order valence-corrected chi connectivity index (χ0v) is 13.1. The normalized spacial score (nSPS) is 14.4. The zero-order valence-electron chi connectivity index (χ0n) is 13.1. The summed E-state index contributed by atoms with van der Waals surface area (Å²) in [6.07, 6.45) is -3.54. The Hall–Kier alpha value is -2.54. The highest BCUT2D eigenvalue weighted by molar-refractivity contribution is 6.39. The Kier molecular flexibility index (Phi) is 4.91. The van der Waals surface area contributed by atoms with Gasteiger partial charge in [-0.3, -0.25) is 4.79 Å². The topological polar surface area (TPSA) is 66.8 Å². The summed E-state index contributed by atoms with van der Waals surface area (Å²) in [5.74, 6) is -3.19. The van der Waals surface area contributed by atoms with Gasteiger partial charge in [-0.2, -0.15) is 22.9 Å². The van der Waals surface area contributed by atoms with E-state index in [1.54, 1.807) is 0 Å². The maximum absolute atomic E-state index is 13.9. The molecule has 1 fully saturated rings. The van der Waals surface area contributed by atoms with Crippen LogP contribution in [0.4, 0.5) is 26.6 Å². The number of benzene rings is 1. The number of alkyl halides is 3. The monoisotopic (exact) mass is 395 g/mol. The molecule has 0 N–H and O–H groups in total. The average molecular weight is 395 g/mol. The molecule has 0 bridgehead atoms. The predicted molar refractivity (Wildman–Crippen MR) is 77.0 cm³/mol. The fourth-order valence-corrected chi connectivity index (χ4v) is 2.68. The molecule has 27 heavy (non-hydrogen) atoms. The minimum absolute atomic E-state index is 0.421. The van der Waals surface area contributed by atoms with Gasteiger partial charge in [-0.1, -0.05) is 9.05 Å². The van der Waals surface area contributed by atoms with Gasteiger partial charge < -0.3 is 9.22 Å². The van der Waals surface area contributed by atoms with Crippen LogP contribution in [0.1, 0.15) is 34.8 Å². The Morgan fingerprint density at radius 2 is 1.81 bits per heavy atom. The number of hydrogen-bond acceptors (Lipinski definition) is 5. The van der Waals surface area contributed by atoms with Gasteiger partial charge in [0.15, 0.2) is 0 Å². The quantitative estimate of drug-likeness (QED) is 0.574. The second kappa shape index (κ2) is 6.89. The van der Waals surface area contributed by atoms with Gasteiger partial charge in [-0.05, 0) is 25.0 Å². The number of fused-ring (bicyclic) bond motifs is 1. The van der Waals surface area contributed by atoms with Crippen molar-refractivity contribution in [2.45, 2.75) is 25.1 Å². The van der Waals surface area contributed by atoms with Gasteiger partial charge in [0.25, 0.3) is 0 Å². The van der Waals surface area contributed by atoms with Crippen LogP contribution >= 0.6 is 0 Å². The van der Waals surface area contributed by atoms with E-state index in [1.807, 2.05) is 0 Å². The molecule has 13 heteroatoms. The molecular weight excluding hydrogens is 387 g/mol. The van der Waals surface area contributed by atoms with E-state index in [2.05, 4.69) is 14.4 Å². The van der Waals surface area contributed by atoms with Crippen molar-refractivity contribution in [2.24, 2.45) is 0 Å². The fraction of sp³-hybridized carbons (Fsp3) is 0.286. The van der Waals surface area contributed by atoms with Crippen LogP contribution in [0.3, 0.4) is 0 Å². The summed E-state index contributed by atoms with van der Waals surface area (Å²) in [5, 5.41) is -0.607. The number of halogens is 6. The average Bonchev–Trinajstić information content (AvgIpc) is 3.43. The SMILES string of the molecule is O=C(OB(OF)OF)c1cn(C2CC2)c2c(C(F)(F)F)c(F)ccc2c1=O. The highest BCUT2D eigenvalue weighted by atomic mass is 19.4. The third-order valence-electron chi connectivity index (χ3n) is 3.94. The zero-order chi connectivity index (χ0) is 19.9. The summed E-state index contributed by atoms with van der Waals surface area (Å²) in [5.41, 5.74) is -4.45. The summed E-state index contributed by atoms with van der Waals surface area (Å²) < 4.78 is 82.8. The molecule has 1 aromatic carbocycles. The van der Waals surface area contributed by atoms with Crippen molar-refractivity contribution < 1.29 is 45.8 Å². The number of pyridine rings is 1. The summed E-state index contributed by atoms with van der Waals surface area (Å²) in [6.45, 7) is 0. The molecule has 1 saturated carbocycles. The number of rotatable bonds is 5. The number of nitrogens with zero attached hydrogens (tertiary/aromatic N) is 1. The molecule has 1 aliphatic carbocycles. The molecule has 0 radical (unpaired) electrons. The summed E-state index contributed by atoms with van der Waals surface area (Å²) in [6, 6.07) is 0.706. The predicted octanol–water partition coefficient (Wildman–Crippen LogP) is 3.44. The summed E-state index contributed by atoms with van der Waals surface area (Å²) in [7, 11) is -2.72. The first-order chi connectivity index (χ1) is 12.7. The molecule has 3 rings (SSSR count). The van der Waals surface area contributed by atoms with Crippen LogP contribution in [0, 0.1) is 5.82 Å². The molecule has 1 aromatic heterocycles. The standard InChI is InChI=1S/C14H8BF6NO5/c16-9-4-3-7-11(10(9)14(17,18)19)22(6-1-2-6)5-8(12(7)23)13(24)25-15(26-20)27-21/h3-6H,1-2H2. The molecule has 0 atom stereocenters. The van der Waals surface area contributed by atoms with E-state index in [9.17, 15) is 36.2 Å². The summed E-state index contributed by atoms with van der Waals surface area (Å²) >= 11 is 0. The molecule has 6 nitrogen and oxygen atoms in total. The van der Waals surface area contributed by atoms with E-state index >= 15 is 0 Å². The van der Waals surface area contributed by atoms with Gasteiger partial charge in [0, 0.05) is 17.6 Å². The maximum atomic E-state index is 13.9. The number of aromatic nitrogens is 1. The van der Waals surface area contributed by atoms with Crippen molar-refractivity contribution in [2.75, 3.05) is 0 Å². The Morgan fingerprint density at radius 3 is 2.33 bits per heavy atom. The number of carbonyl (C=O) groups excluding carboxylic acids is 1. The highest BCUT2D eigenvalue weighted by Gasteiger charge is 2.40. The first kappa shape index (κ1) is 19.2. The van der Waals surface area contributed by atoms with Crippen molar-refractivity contribution in [3.63, 3.8) is 0 Å². The lowest BCUT2D eigenvalue weighted by molar-refractivity contribution is -0.138. The van der Waals surface area contributed by atoms with E-state index in [0.717, 1.165) is 16.8 Å². The van der Waals surface area contributed by atoms with Crippen molar-refractivity contribution >= 4 is 24.2 Å². The molecule has 2 aromatic rings. The van der Waals surface area contributed by atoms with Crippen molar-refractivity contribution in [1.82, 2.24) is 4.57 Å². The Balaban J connectivity index is 2.26. The van der Waals surface area contributed by atoms with E-state index in [0.29, 0.717) is 18.9 Å². The number of hydrogen-bond donors (Lipinski definition) is 0. The van der Waals surface area contributed by atoms with Gasteiger partial charge in [0.1, 0.15) is 16.9 Å². The molecule has 0 unspecified atom stereocenters. The minimum atomic E-state index is -5.11. The third kappa shape index (κ3) is 3.51. The fourth-order valence-electron chi connectivity index (χ4n) is 2.68. The highest BCUT2D eigenvalue weighted by Crippen LogP contribution is 2.42. The van der Waals surface area contributed by atoms with E-state index < -0.39 is 58.8 Å². The molecule has 1 aliphatic rings. The Bertz CT molecular complexity index is 954. The van der Waals surface area contributed by atoms with Crippen LogP contribution in [0.5, 0.6) is 0 Å². The molecule has 144 valence electrons.